The van der Waals surface area contributed by atoms with Crippen LogP contribution >= 0.6 is 0 Å². The number of carbonyl (C=O) groups excluding carboxylic acids is 1. The Kier molecular flexibility index (Phi) is 3.80. The van der Waals surface area contributed by atoms with Gasteiger partial charge in [-0.1, -0.05) is 30.3 Å². The van der Waals surface area contributed by atoms with Crippen molar-refractivity contribution in [2.75, 3.05) is 5.73 Å². The Balaban J connectivity index is 2.13. The van der Waals surface area contributed by atoms with E-state index in [4.69, 9.17) is 5.73 Å². The normalized spacial score (nSPS) is 11.9. The minimum Gasteiger partial charge on any atom is -0.399 e. The Labute approximate surface area is 111 Å². The molecular formula is C15H15FN2O. The molecule has 1 unspecified atom stereocenters. The Morgan fingerprint density at radius 1 is 1.21 bits per heavy atom. The van der Waals surface area contributed by atoms with Crippen molar-refractivity contribution in [3.05, 3.63) is 65.5 Å². The first-order valence-corrected chi connectivity index (χ1v) is 5.99. The lowest BCUT2D eigenvalue weighted by atomic mass is 10.1. The smallest absolute Gasteiger partial charge is 0.254 e. The van der Waals surface area contributed by atoms with Gasteiger partial charge in [-0.2, -0.15) is 0 Å². The standard InChI is InChI=1S/C15H15FN2O/c1-10(11-5-3-2-4-6-11)18-15(19)13-8-7-12(17)9-14(13)16/h2-10H,17H2,1H3,(H,18,19). The molecule has 0 aliphatic heterocycles. The molecule has 0 aliphatic rings. The van der Waals surface area contributed by atoms with Gasteiger partial charge in [-0.15, -0.1) is 0 Å². The molecule has 0 radical (unpaired) electrons. The minimum atomic E-state index is -0.613. The van der Waals surface area contributed by atoms with Crippen LogP contribution in [-0.2, 0) is 0 Å². The number of benzene rings is 2. The molecular weight excluding hydrogens is 243 g/mol. The van der Waals surface area contributed by atoms with Crippen molar-refractivity contribution >= 4 is 11.6 Å². The fourth-order valence-corrected chi connectivity index (χ4v) is 1.81. The molecule has 0 bridgehead atoms. The molecule has 19 heavy (non-hydrogen) atoms. The topological polar surface area (TPSA) is 55.1 Å². The monoisotopic (exact) mass is 258 g/mol. The Hall–Kier alpha value is -2.36. The number of nitrogen functional groups attached to an aromatic ring is 1. The third kappa shape index (κ3) is 3.10. The van der Waals surface area contributed by atoms with E-state index >= 15 is 0 Å². The molecule has 0 spiro atoms. The molecule has 2 aromatic carbocycles. The zero-order chi connectivity index (χ0) is 13.8. The summed E-state index contributed by atoms with van der Waals surface area (Å²) in [5.41, 5.74) is 6.71. The summed E-state index contributed by atoms with van der Waals surface area (Å²) in [5.74, 6) is -1.06. The molecule has 0 heterocycles. The van der Waals surface area contributed by atoms with E-state index in [1.54, 1.807) is 0 Å². The lowest BCUT2D eigenvalue weighted by Gasteiger charge is -2.14. The summed E-state index contributed by atoms with van der Waals surface area (Å²) < 4.78 is 13.6. The quantitative estimate of drug-likeness (QED) is 0.832. The molecule has 0 aromatic heterocycles. The number of nitrogens with one attached hydrogen (secondary N) is 1. The van der Waals surface area contributed by atoms with Gasteiger partial charge in [0.15, 0.2) is 0 Å². The van der Waals surface area contributed by atoms with Crippen molar-refractivity contribution in [2.45, 2.75) is 13.0 Å². The summed E-state index contributed by atoms with van der Waals surface area (Å²) in [5, 5.41) is 2.75. The maximum Gasteiger partial charge on any atom is 0.254 e. The first kappa shape index (κ1) is 13.1. The number of hydrogen-bond acceptors (Lipinski definition) is 2. The Morgan fingerprint density at radius 3 is 2.53 bits per heavy atom. The maximum absolute atomic E-state index is 13.6. The molecule has 0 saturated carbocycles. The van der Waals surface area contributed by atoms with Crippen LogP contribution < -0.4 is 11.1 Å². The van der Waals surface area contributed by atoms with Crippen LogP contribution in [0.5, 0.6) is 0 Å². The molecule has 0 aliphatic carbocycles. The number of carbonyl (C=O) groups is 1. The number of anilines is 1. The highest BCUT2D eigenvalue weighted by Gasteiger charge is 2.14. The van der Waals surface area contributed by atoms with Gasteiger partial charge in [-0.05, 0) is 30.7 Å². The Morgan fingerprint density at radius 2 is 1.89 bits per heavy atom. The summed E-state index contributed by atoms with van der Waals surface area (Å²) >= 11 is 0. The average molecular weight is 258 g/mol. The highest BCUT2D eigenvalue weighted by atomic mass is 19.1. The van der Waals surface area contributed by atoms with E-state index in [1.165, 1.54) is 12.1 Å². The highest BCUT2D eigenvalue weighted by molar-refractivity contribution is 5.95. The summed E-state index contributed by atoms with van der Waals surface area (Å²) in [6.45, 7) is 1.85. The van der Waals surface area contributed by atoms with Crippen LogP contribution in [0, 0.1) is 5.82 Å². The fourth-order valence-electron chi connectivity index (χ4n) is 1.81. The van der Waals surface area contributed by atoms with Crippen LogP contribution in [0.3, 0.4) is 0 Å². The number of nitrogens with two attached hydrogens (primary N) is 1. The predicted molar refractivity (Wildman–Crippen MR) is 73.1 cm³/mol. The van der Waals surface area contributed by atoms with Gasteiger partial charge in [0.25, 0.3) is 5.91 Å². The van der Waals surface area contributed by atoms with Gasteiger partial charge in [-0.25, -0.2) is 4.39 Å². The SMILES string of the molecule is CC(NC(=O)c1ccc(N)cc1F)c1ccccc1. The molecule has 98 valence electrons. The lowest BCUT2D eigenvalue weighted by molar-refractivity contribution is 0.0936. The molecule has 4 heteroatoms. The van der Waals surface area contributed by atoms with Gasteiger partial charge < -0.3 is 11.1 Å². The Bertz CT molecular complexity index is 584. The number of halogens is 1. The second-order valence-corrected chi connectivity index (χ2v) is 4.35. The summed E-state index contributed by atoms with van der Waals surface area (Å²) in [4.78, 5) is 12.0. The second kappa shape index (κ2) is 5.52. The van der Waals surface area contributed by atoms with Crippen LogP contribution in [-0.4, -0.2) is 5.91 Å². The van der Waals surface area contributed by atoms with Crippen LogP contribution in [0.2, 0.25) is 0 Å². The largest absolute Gasteiger partial charge is 0.399 e. The van der Waals surface area contributed by atoms with Gasteiger partial charge in [0, 0.05) is 5.69 Å². The zero-order valence-electron chi connectivity index (χ0n) is 10.6. The van der Waals surface area contributed by atoms with Crippen LogP contribution in [0.1, 0.15) is 28.9 Å². The van der Waals surface area contributed by atoms with Crippen molar-refractivity contribution in [3.8, 4) is 0 Å². The molecule has 2 aromatic rings. The maximum atomic E-state index is 13.6. The van der Waals surface area contributed by atoms with Crippen molar-refractivity contribution < 1.29 is 9.18 Å². The molecule has 3 N–H and O–H groups in total. The molecule has 3 nitrogen and oxygen atoms in total. The number of rotatable bonds is 3. The van der Waals surface area contributed by atoms with Gasteiger partial charge in [0.1, 0.15) is 5.82 Å². The van der Waals surface area contributed by atoms with Gasteiger partial charge in [0.2, 0.25) is 0 Å². The van der Waals surface area contributed by atoms with Crippen LogP contribution in [0.25, 0.3) is 0 Å². The molecule has 1 amide bonds. The number of amides is 1. The predicted octanol–water partition coefficient (Wildman–Crippen LogP) is 2.90. The van der Waals surface area contributed by atoms with Gasteiger partial charge in [0.05, 0.1) is 11.6 Å². The first-order valence-electron chi connectivity index (χ1n) is 5.99. The number of hydrogen-bond donors (Lipinski definition) is 2. The lowest BCUT2D eigenvalue weighted by Crippen LogP contribution is -2.27. The first-order chi connectivity index (χ1) is 9.08. The van der Waals surface area contributed by atoms with Crippen molar-refractivity contribution in [3.63, 3.8) is 0 Å². The van der Waals surface area contributed by atoms with E-state index < -0.39 is 11.7 Å². The molecule has 1 atom stereocenters. The van der Waals surface area contributed by atoms with Crippen LogP contribution in [0.4, 0.5) is 10.1 Å². The third-order valence-corrected chi connectivity index (χ3v) is 2.88. The van der Waals surface area contributed by atoms with E-state index in [0.717, 1.165) is 11.6 Å². The summed E-state index contributed by atoms with van der Waals surface area (Å²) in [7, 11) is 0. The average Bonchev–Trinajstić information content (AvgIpc) is 2.39. The fraction of sp³-hybridized carbons (Fsp3) is 0.133. The van der Waals surface area contributed by atoms with Crippen molar-refractivity contribution in [1.82, 2.24) is 5.32 Å². The molecule has 0 saturated heterocycles. The zero-order valence-corrected chi connectivity index (χ0v) is 10.6. The van der Waals surface area contributed by atoms with Crippen molar-refractivity contribution in [2.24, 2.45) is 0 Å². The minimum absolute atomic E-state index is 0.00280. The molecule has 0 fully saturated rings. The second-order valence-electron chi connectivity index (χ2n) is 4.35. The third-order valence-electron chi connectivity index (χ3n) is 2.88. The van der Waals surface area contributed by atoms with E-state index in [2.05, 4.69) is 5.32 Å². The molecule has 2 rings (SSSR count). The van der Waals surface area contributed by atoms with Gasteiger partial charge in [-0.3, -0.25) is 4.79 Å². The van der Waals surface area contributed by atoms with E-state index in [1.807, 2.05) is 37.3 Å². The van der Waals surface area contributed by atoms with E-state index in [0.29, 0.717) is 5.69 Å². The summed E-state index contributed by atoms with van der Waals surface area (Å²) in [6, 6.07) is 13.3. The van der Waals surface area contributed by atoms with Crippen LogP contribution in [0.15, 0.2) is 48.5 Å². The van der Waals surface area contributed by atoms with Crippen molar-refractivity contribution in [1.29, 1.82) is 0 Å². The van der Waals surface area contributed by atoms with Gasteiger partial charge >= 0.3 is 0 Å². The van der Waals surface area contributed by atoms with E-state index in [9.17, 15) is 9.18 Å². The summed E-state index contributed by atoms with van der Waals surface area (Å²) in [6.07, 6.45) is 0. The van der Waals surface area contributed by atoms with E-state index in [-0.39, 0.29) is 11.6 Å². The highest BCUT2D eigenvalue weighted by Crippen LogP contribution is 2.15.